The number of carbonyl (C=O) groups is 1. The van der Waals surface area contributed by atoms with Crippen molar-refractivity contribution in [3.05, 3.63) is 44.5 Å². The zero-order valence-electron chi connectivity index (χ0n) is 11.3. The van der Waals surface area contributed by atoms with Crippen LogP contribution in [-0.2, 0) is 5.41 Å². The van der Waals surface area contributed by atoms with Gasteiger partial charge in [0, 0.05) is 20.4 Å². The third-order valence-corrected chi connectivity index (χ3v) is 3.84. The van der Waals surface area contributed by atoms with Crippen LogP contribution in [0.25, 0.3) is 0 Å². The number of halogens is 2. The maximum atomic E-state index is 12.2. The van der Waals surface area contributed by atoms with Gasteiger partial charge >= 0.3 is 0 Å². The van der Waals surface area contributed by atoms with E-state index in [1.54, 1.807) is 18.2 Å². The molecule has 1 amide bonds. The minimum atomic E-state index is -0.249. The minimum Gasteiger partial charge on any atom is -0.338 e. The Labute approximate surface area is 134 Å². The number of aromatic nitrogens is 1. The molecule has 0 saturated carbocycles. The van der Waals surface area contributed by atoms with Gasteiger partial charge in [0.1, 0.15) is 0 Å². The summed E-state index contributed by atoms with van der Waals surface area (Å²) in [7, 11) is 0. The molecule has 0 unspecified atom stereocenters. The summed E-state index contributed by atoms with van der Waals surface area (Å²) >= 11 is 6.71. The van der Waals surface area contributed by atoms with E-state index in [0.29, 0.717) is 15.9 Å². The van der Waals surface area contributed by atoms with E-state index in [1.807, 2.05) is 26.8 Å². The molecule has 0 saturated heterocycles. The number of anilines is 1. The van der Waals surface area contributed by atoms with Crippen molar-refractivity contribution in [1.82, 2.24) is 5.16 Å². The van der Waals surface area contributed by atoms with Gasteiger partial charge < -0.3 is 4.52 Å². The van der Waals surface area contributed by atoms with Gasteiger partial charge in [-0.3, -0.25) is 10.1 Å². The number of benzene rings is 1. The Bertz CT molecular complexity index is 645. The van der Waals surface area contributed by atoms with E-state index in [2.05, 4.69) is 42.3 Å². The Hall–Kier alpha value is -1.14. The highest BCUT2D eigenvalue weighted by Gasteiger charge is 2.20. The summed E-state index contributed by atoms with van der Waals surface area (Å²) in [5.41, 5.74) is 1.20. The van der Waals surface area contributed by atoms with Crippen molar-refractivity contribution in [2.45, 2.75) is 26.2 Å². The molecule has 0 radical (unpaired) electrons. The number of hydrogen-bond acceptors (Lipinski definition) is 3. The number of amides is 1. The van der Waals surface area contributed by atoms with Crippen LogP contribution in [0.2, 0.25) is 0 Å². The molecule has 0 fully saturated rings. The molecular formula is C14H14Br2N2O2. The molecule has 0 atom stereocenters. The van der Waals surface area contributed by atoms with Gasteiger partial charge in [0.2, 0.25) is 5.88 Å². The second kappa shape index (κ2) is 5.69. The summed E-state index contributed by atoms with van der Waals surface area (Å²) in [4.78, 5) is 12.2. The summed E-state index contributed by atoms with van der Waals surface area (Å²) in [6.07, 6.45) is 0. The van der Waals surface area contributed by atoms with Crippen LogP contribution in [0.1, 0.15) is 36.8 Å². The third-order valence-electron chi connectivity index (χ3n) is 2.69. The molecule has 2 aromatic rings. The van der Waals surface area contributed by atoms with Crippen LogP contribution in [0.3, 0.4) is 0 Å². The molecule has 0 bridgehead atoms. The molecule has 106 valence electrons. The monoisotopic (exact) mass is 400 g/mol. The number of nitrogens with zero attached hydrogens (tertiary/aromatic N) is 1. The lowest BCUT2D eigenvalue weighted by Gasteiger charge is -2.12. The summed E-state index contributed by atoms with van der Waals surface area (Å²) < 4.78 is 6.75. The summed E-state index contributed by atoms with van der Waals surface area (Å²) in [6.45, 7) is 6.09. The highest BCUT2D eigenvalue weighted by Crippen LogP contribution is 2.25. The number of hydrogen-bond donors (Lipinski definition) is 1. The van der Waals surface area contributed by atoms with Crippen LogP contribution in [0.15, 0.2) is 37.7 Å². The van der Waals surface area contributed by atoms with Gasteiger partial charge in [0.05, 0.1) is 11.3 Å². The van der Waals surface area contributed by atoms with Gasteiger partial charge in [-0.25, -0.2) is 0 Å². The second-order valence-corrected chi connectivity index (χ2v) is 7.17. The van der Waals surface area contributed by atoms with Crippen LogP contribution in [-0.4, -0.2) is 11.1 Å². The summed E-state index contributed by atoms with van der Waals surface area (Å²) in [5.74, 6) is 0.0933. The van der Waals surface area contributed by atoms with Crippen molar-refractivity contribution >= 4 is 43.7 Å². The van der Waals surface area contributed by atoms with E-state index in [9.17, 15) is 4.79 Å². The lowest BCUT2D eigenvalue weighted by atomic mass is 9.92. The van der Waals surface area contributed by atoms with Gasteiger partial charge in [-0.05, 0) is 34.1 Å². The maximum Gasteiger partial charge on any atom is 0.259 e. The highest BCUT2D eigenvalue weighted by atomic mass is 79.9. The predicted molar refractivity (Wildman–Crippen MR) is 85.0 cm³/mol. The molecule has 2 rings (SSSR count). The Morgan fingerprint density at radius 2 is 1.95 bits per heavy atom. The average molecular weight is 402 g/mol. The SMILES string of the molecule is CC(C)(C)c1cc(NC(=O)c2ccc(Br)cc2Br)on1. The van der Waals surface area contributed by atoms with E-state index in [-0.39, 0.29) is 11.3 Å². The largest absolute Gasteiger partial charge is 0.338 e. The predicted octanol–water partition coefficient (Wildman–Crippen LogP) is 4.75. The molecular weight excluding hydrogens is 388 g/mol. The standard InChI is InChI=1S/C14H14Br2N2O2/c1-14(2,3)11-7-12(20-18-11)17-13(19)9-5-4-8(15)6-10(9)16/h4-7H,1-3H3,(H,17,19). The van der Waals surface area contributed by atoms with Crippen LogP contribution in [0.5, 0.6) is 0 Å². The number of nitrogens with one attached hydrogen (secondary N) is 1. The molecule has 0 spiro atoms. The molecule has 1 heterocycles. The van der Waals surface area contributed by atoms with Crippen LogP contribution in [0.4, 0.5) is 5.88 Å². The summed E-state index contributed by atoms with van der Waals surface area (Å²) in [5, 5.41) is 6.66. The van der Waals surface area contributed by atoms with E-state index >= 15 is 0 Å². The molecule has 0 aliphatic heterocycles. The van der Waals surface area contributed by atoms with Gasteiger partial charge in [0.15, 0.2) is 0 Å². The van der Waals surface area contributed by atoms with Gasteiger partial charge in [-0.2, -0.15) is 0 Å². The zero-order valence-corrected chi connectivity index (χ0v) is 14.5. The van der Waals surface area contributed by atoms with Crippen LogP contribution >= 0.6 is 31.9 Å². The second-order valence-electron chi connectivity index (χ2n) is 5.40. The Balaban J connectivity index is 2.17. The molecule has 0 aliphatic rings. The van der Waals surface area contributed by atoms with E-state index in [1.165, 1.54) is 0 Å². The first kappa shape index (κ1) is 15.3. The minimum absolute atomic E-state index is 0.120. The summed E-state index contributed by atoms with van der Waals surface area (Å²) in [6, 6.07) is 7.09. The highest BCUT2D eigenvalue weighted by molar-refractivity contribution is 9.11. The fourth-order valence-corrected chi connectivity index (χ4v) is 2.77. The first-order valence-electron chi connectivity index (χ1n) is 6.01. The smallest absolute Gasteiger partial charge is 0.259 e. The maximum absolute atomic E-state index is 12.2. The molecule has 1 aromatic heterocycles. The molecule has 6 heteroatoms. The van der Waals surface area contributed by atoms with Crippen molar-refractivity contribution in [3.63, 3.8) is 0 Å². The lowest BCUT2D eigenvalue weighted by molar-refractivity contribution is 0.102. The topological polar surface area (TPSA) is 55.1 Å². The quantitative estimate of drug-likeness (QED) is 0.789. The number of carbonyl (C=O) groups excluding carboxylic acids is 1. The van der Waals surface area contributed by atoms with Crippen molar-refractivity contribution < 1.29 is 9.32 Å². The van der Waals surface area contributed by atoms with Crippen LogP contribution < -0.4 is 5.32 Å². The first-order valence-corrected chi connectivity index (χ1v) is 7.59. The first-order chi connectivity index (χ1) is 9.27. The van der Waals surface area contributed by atoms with E-state index in [4.69, 9.17) is 4.52 Å². The Kier molecular flexibility index (Phi) is 4.34. The molecule has 1 aromatic carbocycles. The van der Waals surface area contributed by atoms with Crippen LogP contribution in [0, 0.1) is 0 Å². The molecule has 20 heavy (non-hydrogen) atoms. The lowest BCUT2D eigenvalue weighted by Crippen LogP contribution is -2.13. The average Bonchev–Trinajstić information content (AvgIpc) is 2.76. The Morgan fingerprint density at radius 3 is 2.50 bits per heavy atom. The molecule has 1 N–H and O–H groups in total. The zero-order chi connectivity index (χ0) is 14.9. The number of rotatable bonds is 2. The van der Waals surface area contributed by atoms with Gasteiger partial charge in [-0.1, -0.05) is 41.9 Å². The fraction of sp³-hybridized carbons (Fsp3) is 0.286. The normalized spacial score (nSPS) is 11.4. The van der Waals surface area contributed by atoms with E-state index in [0.717, 1.165) is 10.2 Å². The van der Waals surface area contributed by atoms with Crippen molar-refractivity contribution in [1.29, 1.82) is 0 Å². The van der Waals surface area contributed by atoms with Crippen molar-refractivity contribution in [2.75, 3.05) is 5.32 Å². The fourth-order valence-electron chi connectivity index (χ4n) is 1.54. The Morgan fingerprint density at radius 1 is 1.25 bits per heavy atom. The third kappa shape index (κ3) is 3.49. The molecule has 4 nitrogen and oxygen atoms in total. The molecule has 0 aliphatic carbocycles. The van der Waals surface area contributed by atoms with Gasteiger partial charge in [-0.15, -0.1) is 0 Å². The van der Waals surface area contributed by atoms with Gasteiger partial charge in [0.25, 0.3) is 5.91 Å². The van der Waals surface area contributed by atoms with Crippen molar-refractivity contribution in [3.8, 4) is 0 Å². The van der Waals surface area contributed by atoms with E-state index < -0.39 is 0 Å². The van der Waals surface area contributed by atoms with Crippen molar-refractivity contribution in [2.24, 2.45) is 0 Å².